The predicted molar refractivity (Wildman–Crippen MR) is 99.3 cm³/mol. The van der Waals surface area contributed by atoms with Crippen molar-refractivity contribution < 1.29 is 0 Å². The lowest BCUT2D eigenvalue weighted by atomic mass is 10.2. The lowest BCUT2D eigenvalue weighted by Gasteiger charge is -2.18. The Morgan fingerprint density at radius 1 is 1.00 bits per heavy atom. The molecular weight excluding hydrogens is 312 g/mol. The molecule has 25 heavy (non-hydrogen) atoms. The minimum atomic E-state index is 0.430. The highest BCUT2D eigenvalue weighted by molar-refractivity contribution is 5.47. The van der Waals surface area contributed by atoms with E-state index in [1.165, 1.54) is 5.69 Å². The Balaban J connectivity index is 1.43. The SMILES string of the molecule is Cc1cc(C)n(-c2ccc(N3CC[C@@H](Nc4ccccc4)C3)nn2)n1. The maximum absolute atomic E-state index is 4.46. The average molecular weight is 334 g/mol. The molecule has 1 N–H and O–H groups in total. The molecule has 3 heterocycles. The summed E-state index contributed by atoms with van der Waals surface area (Å²) in [5.41, 5.74) is 3.21. The van der Waals surface area contributed by atoms with E-state index >= 15 is 0 Å². The van der Waals surface area contributed by atoms with Crippen LogP contribution in [0.15, 0.2) is 48.5 Å². The number of aromatic nitrogens is 4. The van der Waals surface area contributed by atoms with Crippen LogP contribution in [0.1, 0.15) is 17.8 Å². The monoisotopic (exact) mass is 334 g/mol. The Bertz CT molecular complexity index is 840. The number of anilines is 2. The Hall–Kier alpha value is -2.89. The second-order valence-electron chi connectivity index (χ2n) is 6.53. The third-order valence-corrected chi connectivity index (χ3v) is 4.52. The molecule has 0 amide bonds. The summed E-state index contributed by atoms with van der Waals surface area (Å²) in [4.78, 5) is 2.28. The fourth-order valence-electron chi connectivity index (χ4n) is 3.32. The molecule has 0 aliphatic carbocycles. The summed E-state index contributed by atoms with van der Waals surface area (Å²) in [5, 5.41) is 16.8. The zero-order valence-electron chi connectivity index (χ0n) is 14.6. The zero-order chi connectivity index (χ0) is 17.2. The average Bonchev–Trinajstić information content (AvgIpc) is 3.22. The van der Waals surface area contributed by atoms with Crippen molar-refractivity contribution in [3.63, 3.8) is 0 Å². The van der Waals surface area contributed by atoms with Gasteiger partial charge < -0.3 is 10.2 Å². The molecule has 3 aromatic rings. The van der Waals surface area contributed by atoms with E-state index in [4.69, 9.17) is 0 Å². The highest BCUT2D eigenvalue weighted by Crippen LogP contribution is 2.21. The maximum atomic E-state index is 4.46. The van der Waals surface area contributed by atoms with Crippen LogP contribution < -0.4 is 10.2 Å². The Labute approximate surface area is 147 Å². The van der Waals surface area contributed by atoms with E-state index in [0.29, 0.717) is 6.04 Å². The molecule has 1 atom stereocenters. The number of benzene rings is 1. The molecule has 1 saturated heterocycles. The van der Waals surface area contributed by atoms with Gasteiger partial charge in [0.1, 0.15) is 0 Å². The first-order chi connectivity index (χ1) is 12.2. The summed E-state index contributed by atoms with van der Waals surface area (Å²) in [6, 6.07) is 16.8. The van der Waals surface area contributed by atoms with Gasteiger partial charge in [0, 0.05) is 30.5 Å². The minimum absolute atomic E-state index is 0.430. The van der Waals surface area contributed by atoms with Gasteiger partial charge in [-0.25, -0.2) is 4.68 Å². The van der Waals surface area contributed by atoms with Gasteiger partial charge in [0.2, 0.25) is 0 Å². The van der Waals surface area contributed by atoms with Gasteiger partial charge in [-0.05, 0) is 50.6 Å². The van der Waals surface area contributed by atoms with E-state index in [2.05, 4.69) is 49.8 Å². The molecule has 1 aliphatic heterocycles. The van der Waals surface area contributed by atoms with E-state index < -0.39 is 0 Å². The normalized spacial score (nSPS) is 17.0. The topological polar surface area (TPSA) is 58.9 Å². The van der Waals surface area contributed by atoms with Crippen molar-refractivity contribution in [2.75, 3.05) is 23.3 Å². The van der Waals surface area contributed by atoms with Crippen LogP contribution in [0.5, 0.6) is 0 Å². The van der Waals surface area contributed by atoms with Crippen molar-refractivity contribution in [2.45, 2.75) is 26.3 Å². The third-order valence-electron chi connectivity index (χ3n) is 4.52. The molecule has 1 fully saturated rings. The molecule has 0 saturated carbocycles. The Kier molecular flexibility index (Phi) is 4.09. The standard InChI is InChI=1S/C19H22N6/c1-14-12-15(2)25(23-14)19-9-8-18(21-22-19)24-11-10-17(13-24)20-16-6-4-3-5-7-16/h3-9,12,17,20H,10-11,13H2,1-2H3/t17-/m1/s1. The Morgan fingerprint density at radius 3 is 2.44 bits per heavy atom. The minimum Gasteiger partial charge on any atom is -0.380 e. The van der Waals surface area contributed by atoms with E-state index in [0.717, 1.165) is 42.5 Å². The number of para-hydroxylation sites is 1. The number of rotatable bonds is 4. The molecular formula is C19H22N6. The van der Waals surface area contributed by atoms with Gasteiger partial charge in [0.05, 0.1) is 5.69 Å². The highest BCUT2D eigenvalue weighted by Gasteiger charge is 2.23. The smallest absolute Gasteiger partial charge is 0.176 e. The van der Waals surface area contributed by atoms with Crippen LogP contribution in [0.25, 0.3) is 5.82 Å². The van der Waals surface area contributed by atoms with Crippen molar-refractivity contribution >= 4 is 11.5 Å². The fourth-order valence-corrected chi connectivity index (χ4v) is 3.32. The van der Waals surface area contributed by atoms with E-state index in [1.807, 2.05) is 42.8 Å². The van der Waals surface area contributed by atoms with Gasteiger partial charge in [0.15, 0.2) is 11.6 Å². The van der Waals surface area contributed by atoms with Crippen molar-refractivity contribution in [1.82, 2.24) is 20.0 Å². The number of hydrogen-bond acceptors (Lipinski definition) is 5. The first kappa shape index (κ1) is 15.6. The zero-order valence-corrected chi connectivity index (χ0v) is 14.6. The summed E-state index contributed by atoms with van der Waals surface area (Å²) in [6.07, 6.45) is 1.09. The van der Waals surface area contributed by atoms with Crippen molar-refractivity contribution in [3.8, 4) is 5.82 Å². The van der Waals surface area contributed by atoms with Crippen LogP contribution in [0.2, 0.25) is 0 Å². The fraction of sp³-hybridized carbons (Fsp3) is 0.316. The van der Waals surface area contributed by atoms with Gasteiger partial charge in [0.25, 0.3) is 0 Å². The van der Waals surface area contributed by atoms with Crippen LogP contribution in [0.3, 0.4) is 0 Å². The number of aryl methyl sites for hydroxylation is 2. The van der Waals surface area contributed by atoms with Crippen molar-refractivity contribution in [2.24, 2.45) is 0 Å². The van der Waals surface area contributed by atoms with Crippen LogP contribution >= 0.6 is 0 Å². The second-order valence-corrected chi connectivity index (χ2v) is 6.53. The molecule has 0 spiro atoms. The van der Waals surface area contributed by atoms with E-state index in [1.54, 1.807) is 0 Å². The second kappa shape index (κ2) is 6.55. The van der Waals surface area contributed by atoms with Crippen LogP contribution in [-0.2, 0) is 0 Å². The van der Waals surface area contributed by atoms with Gasteiger partial charge in [-0.1, -0.05) is 18.2 Å². The lowest BCUT2D eigenvalue weighted by molar-refractivity contribution is 0.772. The summed E-state index contributed by atoms with van der Waals surface area (Å²) in [6.45, 7) is 5.92. The molecule has 2 aromatic heterocycles. The van der Waals surface area contributed by atoms with Gasteiger partial charge in [-0.2, -0.15) is 5.10 Å². The number of hydrogen-bond donors (Lipinski definition) is 1. The quantitative estimate of drug-likeness (QED) is 0.795. The van der Waals surface area contributed by atoms with Crippen LogP contribution in [-0.4, -0.2) is 39.1 Å². The van der Waals surface area contributed by atoms with Gasteiger partial charge >= 0.3 is 0 Å². The molecule has 0 bridgehead atoms. The van der Waals surface area contributed by atoms with Crippen LogP contribution in [0.4, 0.5) is 11.5 Å². The van der Waals surface area contributed by atoms with E-state index in [-0.39, 0.29) is 0 Å². The summed E-state index contributed by atoms with van der Waals surface area (Å²) in [7, 11) is 0. The van der Waals surface area contributed by atoms with E-state index in [9.17, 15) is 0 Å². The maximum Gasteiger partial charge on any atom is 0.176 e. The predicted octanol–water partition coefficient (Wildman–Crippen LogP) is 2.97. The molecule has 4 rings (SSSR count). The first-order valence-corrected chi connectivity index (χ1v) is 8.63. The third kappa shape index (κ3) is 3.33. The molecule has 6 heteroatoms. The van der Waals surface area contributed by atoms with Crippen LogP contribution in [0, 0.1) is 13.8 Å². The lowest BCUT2D eigenvalue weighted by Crippen LogP contribution is -2.26. The largest absolute Gasteiger partial charge is 0.380 e. The molecule has 1 aliphatic rings. The summed E-state index contributed by atoms with van der Waals surface area (Å²) >= 11 is 0. The molecule has 6 nitrogen and oxygen atoms in total. The highest BCUT2D eigenvalue weighted by atomic mass is 15.4. The molecule has 0 radical (unpaired) electrons. The summed E-state index contributed by atoms with van der Waals surface area (Å²) in [5.74, 6) is 1.68. The van der Waals surface area contributed by atoms with Crippen molar-refractivity contribution in [3.05, 3.63) is 59.9 Å². The first-order valence-electron chi connectivity index (χ1n) is 8.63. The Morgan fingerprint density at radius 2 is 1.76 bits per heavy atom. The number of nitrogens with zero attached hydrogens (tertiary/aromatic N) is 5. The van der Waals surface area contributed by atoms with Crippen molar-refractivity contribution in [1.29, 1.82) is 0 Å². The molecule has 0 unspecified atom stereocenters. The summed E-state index contributed by atoms with van der Waals surface area (Å²) < 4.78 is 1.83. The van der Waals surface area contributed by atoms with Gasteiger partial charge in [-0.3, -0.25) is 0 Å². The molecule has 1 aromatic carbocycles. The number of nitrogens with one attached hydrogen (secondary N) is 1. The molecule has 128 valence electrons. The van der Waals surface area contributed by atoms with Gasteiger partial charge in [-0.15, -0.1) is 10.2 Å².